The number of carbonyl (C=O) groups is 1. The number of aryl methyl sites for hydroxylation is 2. The zero-order valence-corrected chi connectivity index (χ0v) is 18.9. The summed E-state index contributed by atoms with van der Waals surface area (Å²) < 4.78 is 19.1. The van der Waals surface area contributed by atoms with Crippen LogP contribution in [0.1, 0.15) is 40.9 Å². The van der Waals surface area contributed by atoms with Crippen molar-refractivity contribution in [1.29, 1.82) is 0 Å². The van der Waals surface area contributed by atoms with E-state index in [-0.39, 0.29) is 17.8 Å². The summed E-state index contributed by atoms with van der Waals surface area (Å²) in [6.45, 7) is 5.79. The number of halogens is 1. The Morgan fingerprint density at radius 2 is 1.88 bits per heavy atom. The number of ether oxygens (including phenoxy) is 1. The van der Waals surface area contributed by atoms with E-state index < -0.39 is 0 Å². The van der Waals surface area contributed by atoms with Crippen molar-refractivity contribution in [2.45, 2.75) is 32.8 Å². The van der Waals surface area contributed by atoms with E-state index in [9.17, 15) is 9.18 Å². The van der Waals surface area contributed by atoms with Crippen LogP contribution in [0.5, 0.6) is 0 Å². The van der Waals surface area contributed by atoms with E-state index in [0.29, 0.717) is 45.0 Å². The molecule has 1 fully saturated rings. The van der Waals surface area contributed by atoms with Gasteiger partial charge in [0.1, 0.15) is 11.9 Å². The Morgan fingerprint density at radius 3 is 2.64 bits per heavy atom. The van der Waals surface area contributed by atoms with E-state index in [1.54, 1.807) is 12.1 Å². The number of nitrogens with one attached hydrogen (secondary N) is 1. The first-order valence-electron chi connectivity index (χ1n) is 11.1. The summed E-state index contributed by atoms with van der Waals surface area (Å²) in [5.74, 6) is 0.350. The standard InChI is InChI=1S/C25H28FN5O2/c1-17-14-18(2)29-25(28-17)27-11-10-24(32)31-12-13-33-23(16-31)22-5-3-4-21(30-22)15-19-6-8-20(26)9-7-19/h3-9,14,23H,10-13,15-16H2,1-2H3,(H,27,28,29)/t23-/m0/s1. The van der Waals surface area contributed by atoms with Crippen molar-refractivity contribution in [2.75, 3.05) is 31.6 Å². The summed E-state index contributed by atoms with van der Waals surface area (Å²) in [7, 11) is 0. The van der Waals surface area contributed by atoms with Gasteiger partial charge >= 0.3 is 0 Å². The van der Waals surface area contributed by atoms with Gasteiger partial charge in [0.05, 0.1) is 18.8 Å². The van der Waals surface area contributed by atoms with E-state index in [0.717, 1.165) is 28.3 Å². The predicted molar refractivity (Wildman–Crippen MR) is 123 cm³/mol. The lowest BCUT2D eigenvalue weighted by molar-refractivity contribution is -0.138. The maximum atomic E-state index is 13.2. The van der Waals surface area contributed by atoms with Crippen molar-refractivity contribution < 1.29 is 13.9 Å². The second-order valence-electron chi connectivity index (χ2n) is 8.21. The van der Waals surface area contributed by atoms with E-state index in [1.165, 1.54) is 12.1 Å². The molecular formula is C25H28FN5O2. The summed E-state index contributed by atoms with van der Waals surface area (Å²) in [4.78, 5) is 28.0. The molecule has 33 heavy (non-hydrogen) atoms. The highest BCUT2D eigenvalue weighted by molar-refractivity contribution is 5.76. The summed E-state index contributed by atoms with van der Waals surface area (Å²) in [5, 5.41) is 3.14. The maximum absolute atomic E-state index is 13.2. The third-order valence-corrected chi connectivity index (χ3v) is 5.48. The molecule has 1 aliphatic heterocycles. The lowest BCUT2D eigenvalue weighted by Crippen LogP contribution is -2.43. The quantitative estimate of drug-likeness (QED) is 0.594. The maximum Gasteiger partial charge on any atom is 0.224 e. The highest BCUT2D eigenvalue weighted by atomic mass is 19.1. The van der Waals surface area contributed by atoms with Crippen molar-refractivity contribution in [3.63, 3.8) is 0 Å². The molecule has 3 heterocycles. The highest BCUT2D eigenvalue weighted by Gasteiger charge is 2.26. The molecule has 0 bridgehead atoms. The van der Waals surface area contributed by atoms with Crippen LogP contribution in [0.25, 0.3) is 0 Å². The van der Waals surface area contributed by atoms with E-state index in [2.05, 4.69) is 15.3 Å². The van der Waals surface area contributed by atoms with Gasteiger partial charge in [-0.05, 0) is 49.7 Å². The summed E-state index contributed by atoms with van der Waals surface area (Å²) in [5.41, 5.74) is 4.45. The first-order valence-corrected chi connectivity index (χ1v) is 11.1. The molecule has 172 valence electrons. The van der Waals surface area contributed by atoms with Gasteiger partial charge in [0.15, 0.2) is 0 Å². The molecule has 0 aliphatic carbocycles. The number of aromatic nitrogens is 3. The van der Waals surface area contributed by atoms with Crippen LogP contribution < -0.4 is 5.32 Å². The van der Waals surface area contributed by atoms with E-state index in [1.807, 2.05) is 43.0 Å². The average Bonchev–Trinajstić information content (AvgIpc) is 2.80. The van der Waals surface area contributed by atoms with Crippen molar-refractivity contribution in [3.8, 4) is 0 Å². The summed E-state index contributed by atoms with van der Waals surface area (Å²) >= 11 is 0. The van der Waals surface area contributed by atoms with Crippen LogP contribution in [0.3, 0.4) is 0 Å². The number of carbonyl (C=O) groups excluding carboxylic acids is 1. The molecule has 0 radical (unpaired) electrons. The molecule has 1 saturated heterocycles. The molecule has 1 amide bonds. The molecule has 2 aromatic heterocycles. The van der Waals surface area contributed by atoms with Crippen LogP contribution in [0.2, 0.25) is 0 Å². The van der Waals surface area contributed by atoms with Gasteiger partial charge in [-0.3, -0.25) is 9.78 Å². The fourth-order valence-corrected chi connectivity index (χ4v) is 3.89. The molecule has 3 aromatic rings. The molecule has 1 atom stereocenters. The number of nitrogens with zero attached hydrogens (tertiary/aromatic N) is 4. The first kappa shape index (κ1) is 22.8. The van der Waals surface area contributed by atoms with Crippen molar-refractivity contribution in [3.05, 3.63) is 82.7 Å². The molecule has 0 unspecified atom stereocenters. The molecule has 8 heteroatoms. The molecule has 1 N–H and O–H groups in total. The van der Waals surface area contributed by atoms with Gasteiger partial charge in [0, 0.05) is 43.0 Å². The van der Waals surface area contributed by atoms with Gasteiger partial charge in [-0.25, -0.2) is 14.4 Å². The van der Waals surface area contributed by atoms with Crippen LogP contribution >= 0.6 is 0 Å². The fraction of sp³-hybridized carbons (Fsp3) is 0.360. The molecule has 0 spiro atoms. The number of benzene rings is 1. The topological polar surface area (TPSA) is 80.2 Å². The fourth-order valence-electron chi connectivity index (χ4n) is 3.89. The SMILES string of the molecule is Cc1cc(C)nc(NCCC(=O)N2CCO[C@H](c3cccc(Cc4ccc(F)cc4)n3)C2)n1. The van der Waals surface area contributed by atoms with Crippen molar-refractivity contribution in [2.24, 2.45) is 0 Å². The first-order chi connectivity index (χ1) is 16.0. The molecule has 1 aliphatic rings. The zero-order chi connectivity index (χ0) is 23.2. The second kappa shape index (κ2) is 10.5. The van der Waals surface area contributed by atoms with Crippen LogP contribution in [-0.2, 0) is 16.0 Å². The van der Waals surface area contributed by atoms with Gasteiger partial charge < -0.3 is 15.0 Å². The molecule has 1 aromatic carbocycles. The van der Waals surface area contributed by atoms with Gasteiger partial charge in [0.2, 0.25) is 11.9 Å². The minimum absolute atomic E-state index is 0.0580. The minimum Gasteiger partial charge on any atom is -0.368 e. The van der Waals surface area contributed by atoms with Crippen LogP contribution in [0.4, 0.5) is 10.3 Å². The van der Waals surface area contributed by atoms with Crippen LogP contribution in [-0.4, -0.2) is 52.0 Å². The minimum atomic E-state index is -0.272. The van der Waals surface area contributed by atoms with E-state index in [4.69, 9.17) is 9.72 Å². The normalized spacial score (nSPS) is 16.0. The number of rotatable bonds is 7. The summed E-state index contributed by atoms with van der Waals surface area (Å²) in [6, 6.07) is 14.1. The lowest BCUT2D eigenvalue weighted by atomic mass is 10.1. The molecule has 4 rings (SSSR count). The Hall–Kier alpha value is -3.39. The molecular weight excluding hydrogens is 421 g/mol. The number of hydrogen-bond acceptors (Lipinski definition) is 6. The average molecular weight is 450 g/mol. The largest absolute Gasteiger partial charge is 0.368 e. The Bertz CT molecular complexity index is 1090. The Kier molecular flexibility index (Phi) is 7.24. The predicted octanol–water partition coefficient (Wildman–Crippen LogP) is 3.62. The number of amides is 1. The molecule has 0 saturated carbocycles. The Labute approximate surface area is 193 Å². The third-order valence-electron chi connectivity index (χ3n) is 5.48. The zero-order valence-electron chi connectivity index (χ0n) is 18.9. The lowest BCUT2D eigenvalue weighted by Gasteiger charge is -2.33. The van der Waals surface area contributed by atoms with Crippen molar-refractivity contribution in [1.82, 2.24) is 19.9 Å². The second-order valence-corrected chi connectivity index (χ2v) is 8.21. The van der Waals surface area contributed by atoms with Gasteiger partial charge in [-0.1, -0.05) is 18.2 Å². The van der Waals surface area contributed by atoms with Crippen LogP contribution in [0, 0.1) is 19.7 Å². The van der Waals surface area contributed by atoms with Crippen molar-refractivity contribution >= 4 is 11.9 Å². The van der Waals surface area contributed by atoms with E-state index >= 15 is 0 Å². The highest BCUT2D eigenvalue weighted by Crippen LogP contribution is 2.22. The number of anilines is 1. The van der Waals surface area contributed by atoms with Gasteiger partial charge in [-0.2, -0.15) is 0 Å². The number of morpholine rings is 1. The monoisotopic (exact) mass is 449 g/mol. The Balaban J connectivity index is 1.33. The molecule has 7 nitrogen and oxygen atoms in total. The third kappa shape index (κ3) is 6.32. The van der Waals surface area contributed by atoms with Crippen LogP contribution in [0.15, 0.2) is 48.5 Å². The summed E-state index contributed by atoms with van der Waals surface area (Å²) in [6.07, 6.45) is 0.683. The Morgan fingerprint density at radius 1 is 1.12 bits per heavy atom. The number of pyridine rings is 1. The van der Waals surface area contributed by atoms with Gasteiger partial charge in [0.25, 0.3) is 0 Å². The smallest absolute Gasteiger partial charge is 0.224 e. The number of hydrogen-bond donors (Lipinski definition) is 1. The van der Waals surface area contributed by atoms with Gasteiger partial charge in [-0.15, -0.1) is 0 Å².